The van der Waals surface area contributed by atoms with Crippen molar-refractivity contribution in [2.75, 3.05) is 11.9 Å². The van der Waals surface area contributed by atoms with Gasteiger partial charge in [0.05, 0.1) is 0 Å². The van der Waals surface area contributed by atoms with Gasteiger partial charge in [-0.05, 0) is 35.6 Å². The summed E-state index contributed by atoms with van der Waals surface area (Å²) in [6, 6.07) is 15.8. The van der Waals surface area contributed by atoms with Gasteiger partial charge in [0, 0.05) is 19.2 Å². The fraction of sp³-hybridized carbons (Fsp3) is 0.364. The highest BCUT2D eigenvalue weighted by atomic mass is 16.2. The minimum absolute atomic E-state index is 0.0320. The zero-order chi connectivity index (χ0) is 19.3. The molecule has 0 bridgehead atoms. The first kappa shape index (κ1) is 19.7. The summed E-state index contributed by atoms with van der Waals surface area (Å²) in [5.41, 5.74) is 4.17. The molecule has 2 rings (SSSR count). The standard InChI is InChI=1S/C22H28N2O2/c1-16-7-6-8-18(13-16)14-24(17(2)25)15-21(26)23-20-11-9-19(10-12-20)22(3,4)5/h6-13H,14-15H2,1-5H3,(H,23,26). The Morgan fingerprint density at radius 1 is 1.04 bits per heavy atom. The van der Waals surface area contributed by atoms with Crippen molar-refractivity contribution in [3.8, 4) is 0 Å². The molecule has 1 N–H and O–H groups in total. The number of nitrogens with zero attached hydrogens (tertiary/aromatic N) is 1. The highest BCUT2D eigenvalue weighted by Gasteiger charge is 2.16. The summed E-state index contributed by atoms with van der Waals surface area (Å²) in [6.45, 7) is 10.4. The molecule has 0 unspecified atom stereocenters. The number of hydrogen-bond donors (Lipinski definition) is 1. The number of aryl methyl sites for hydroxylation is 1. The van der Waals surface area contributed by atoms with Gasteiger partial charge in [-0.3, -0.25) is 9.59 Å². The Morgan fingerprint density at radius 3 is 2.23 bits per heavy atom. The van der Waals surface area contributed by atoms with Crippen LogP contribution in [0.1, 0.15) is 44.4 Å². The number of hydrogen-bond acceptors (Lipinski definition) is 2. The van der Waals surface area contributed by atoms with Crippen molar-refractivity contribution in [2.24, 2.45) is 0 Å². The molecule has 138 valence electrons. The van der Waals surface area contributed by atoms with Crippen molar-refractivity contribution in [1.82, 2.24) is 4.90 Å². The molecule has 4 nitrogen and oxygen atoms in total. The largest absolute Gasteiger partial charge is 0.329 e. The van der Waals surface area contributed by atoms with Crippen LogP contribution in [-0.4, -0.2) is 23.3 Å². The number of amides is 2. The van der Waals surface area contributed by atoms with E-state index in [0.29, 0.717) is 6.54 Å². The molecule has 0 aliphatic carbocycles. The summed E-state index contributed by atoms with van der Waals surface area (Å²) in [6.07, 6.45) is 0. The molecule has 4 heteroatoms. The lowest BCUT2D eigenvalue weighted by molar-refractivity contribution is -0.133. The number of carbonyl (C=O) groups is 2. The summed E-state index contributed by atoms with van der Waals surface area (Å²) in [7, 11) is 0. The zero-order valence-corrected chi connectivity index (χ0v) is 16.3. The smallest absolute Gasteiger partial charge is 0.244 e. The van der Waals surface area contributed by atoms with Crippen molar-refractivity contribution in [1.29, 1.82) is 0 Å². The van der Waals surface area contributed by atoms with E-state index in [0.717, 1.165) is 16.8 Å². The quantitative estimate of drug-likeness (QED) is 0.873. The minimum atomic E-state index is -0.198. The predicted octanol–water partition coefficient (Wildman–Crippen LogP) is 4.28. The molecule has 0 aliphatic heterocycles. The molecule has 0 saturated carbocycles. The lowest BCUT2D eigenvalue weighted by Gasteiger charge is -2.21. The first-order valence-electron chi connectivity index (χ1n) is 8.86. The normalized spacial score (nSPS) is 11.1. The van der Waals surface area contributed by atoms with E-state index in [2.05, 4.69) is 26.1 Å². The van der Waals surface area contributed by atoms with Gasteiger partial charge in [0.2, 0.25) is 11.8 Å². The Kier molecular flexibility index (Phi) is 6.19. The minimum Gasteiger partial charge on any atom is -0.329 e. The Morgan fingerprint density at radius 2 is 1.69 bits per heavy atom. The summed E-state index contributed by atoms with van der Waals surface area (Å²) in [4.78, 5) is 25.8. The molecular formula is C22H28N2O2. The maximum absolute atomic E-state index is 12.4. The fourth-order valence-corrected chi connectivity index (χ4v) is 2.74. The monoisotopic (exact) mass is 352 g/mol. The number of rotatable bonds is 5. The number of carbonyl (C=O) groups excluding carboxylic acids is 2. The van der Waals surface area contributed by atoms with Gasteiger partial charge in [-0.1, -0.05) is 62.7 Å². The number of anilines is 1. The average Bonchev–Trinajstić information content (AvgIpc) is 2.53. The fourth-order valence-electron chi connectivity index (χ4n) is 2.74. The maximum atomic E-state index is 12.4. The second kappa shape index (κ2) is 8.17. The molecule has 2 aromatic carbocycles. The molecule has 0 radical (unpaired) electrons. The number of benzene rings is 2. The van der Waals surface area contributed by atoms with Crippen molar-refractivity contribution in [2.45, 2.75) is 46.6 Å². The van der Waals surface area contributed by atoms with E-state index in [1.54, 1.807) is 4.90 Å². The molecule has 2 aromatic rings. The van der Waals surface area contributed by atoms with Crippen LogP contribution in [0.5, 0.6) is 0 Å². The van der Waals surface area contributed by atoms with Gasteiger partial charge in [-0.2, -0.15) is 0 Å². The highest BCUT2D eigenvalue weighted by Crippen LogP contribution is 2.23. The van der Waals surface area contributed by atoms with Gasteiger partial charge < -0.3 is 10.2 Å². The van der Waals surface area contributed by atoms with Crippen LogP contribution in [-0.2, 0) is 21.5 Å². The van der Waals surface area contributed by atoms with E-state index >= 15 is 0 Å². The SMILES string of the molecule is CC(=O)N(CC(=O)Nc1ccc(C(C)(C)C)cc1)Cc1cccc(C)c1. The third-order valence-corrected chi connectivity index (χ3v) is 4.27. The molecule has 0 spiro atoms. The van der Waals surface area contributed by atoms with Gasteiger partial charge in [-0.15, -0.1) is 0 Å². The zero-order valence-electron chi connectivity index (χ0n) is 16.3. The predicted molar refractivity (Wildman–Crippen MR) is 106 cm³/mol. The number of nitrogens with one attached hydrogen (secondary N) is 1. The van der Waals surface area contributed by atoms with E-state index in [9.17, 15) is 9.59 Å². The Bertz CT molecular complexity index is 773. The Hall–Kier alpha value is -2.62. The van der Waals surface area contributed by atoms with Crippen LogP contribution in [0.4, 0.5) is 5.69 Å². The molecule has 2 amide bonds. The van der Waals surface area contributed by atoms with Crippen molar-refractivity contribution in [3.05, 3.63) is 65.2 Å². The van der Waals surface area contributed by atoms with Crippen LogP contribution in [0.25, 0.3) is 0 Å². The second-order valence-corrected chi connectivity index (χ2v) is 7.74. The third-order valence-electron chi connectivity index (χ3n) is 4.27. The molecule has 0 aliphatic rings. The summed E-state index contributed by atoms with van der Waals surface area (Å²) >= 11 is 0. The van der Waals surface area contributed by atoms with E-state index < -0.39 is 0 Å². The van der Waals surface area contributed by atoms with Gasteiger partial charge in [0.25, 0.3) is 0 Å². The Labute approximate surface area is 156 Å². The van der Waals surface area contributed by atoms with Crippen molar-refractivity contribution in [3.63, 3.8) is 0 Å². The van der Waals surface area contributed by atoms with Crippen LogP contribution in [0.15, 0.2) is 48.5 Å². The first-order valence-corrected chi connectivity index (χ1v) is 8.86. The van der Waals surface area contributed by atoms with Crippen LogP contribution < -0.4 is 5.32 Å². The van der Waals surface area contributed by atoms with Crippen LogP contribution in [0.2, 0.25) is 0 Å². The lowest BCUT2D eigenvalue weighted by atomic mass is 9.87. The van der Waals surface area contributed by atoms with Gasteiger partial charge in [-0.25, -0.2) is 0 Å². The van der Waals surface area contributed by atoms with Crippen LogP contribution >= 0.6 is 0 Å². The maximum Gasteiger partial charge on any atom is 0.244 e. The van der Waals surface area contributed by atoms with E-state index in [1.807, 2.05) is 55.5 Å². The van der Waals surface area contributed by atoms with Crippen LogP contribution in [0, 0.1) is 6.92 Å². The molecular weight excluding hydrogens is 324 g/mol. The summed E-state index contributed by atoms with van der Waals surface area (Å²) < 4.78 is 0. The van der Waals surface area contributed by atoms with Crippen LogP contribution in [0.3, 0.4) is 0 Å². The first-order chi connectivity index (χ1) is 12.1. The van der Waals surface area contributed by atoms with Gasteiger partial charge in [0.1, 0.15) is 6.54 Å². The molecule has 0 saturated heterocycles. The van der Waals surface area contributed by atoms with Crippen molar-refractivity contribution < 1.29 is 9.59 Å². The summed E-state index contributed by atoms with van der Waals surface area (Å²) in [5.74, 6) is -0.318. The average molecular weight is 352 g/mol. The van der Waals surface area contributed by atoms with Gasteiger partial charge >= 0.3 is 0 Å². The summed E-state index contributed by atoms with van der Waals surface area (Å²) in [5, 5.41) is 2.87. The van der Waals surface area contributed by atoms with Gasteiger partial charge in [0.15, 0.2) is 0 Å². The molecule has 26 heavy (non-hydrogen) atoms. The highest BCUT2D eigenvalue weighted by molar-refractivity contribution is 5.94. The second-order valence-electron chi connectivity index (χ2n) is 7.74. The van der Waals surface area contributed by atoms with Crippen molar-refractivity contribution >= 4 is 17.5 Å². The van der Waals surface area contributed by atoms with E-state index in [1.165, 1.54) is 12.5 Å². The van der Waals surface area contributed by atoms with E-state index in [4.69, 9.17) is 0 Å². The third kappa shape index (κ3) is 5.73. The molecule has 0 heterocycles. The molecule has 0 fully saturated rings. The molecule has 0 atom stereocenters. The topological polar surface area (TPSA) is 49.4 Å². The van der Waals surface area contributed by atoms with E-state index in [-0.39, 0.29) is 23.8 Å². The Balaban J connectivity index is 2.00. The molecule has 0 aromatic heterocycles. The lowest BCUT2D eigenvalue weighted by Crippen LogP contribution is -2.36.